The van der Waals surface area contributed by atoms with Gasteiger partial charge in [-0.2, -0.15) is 0 Å². The average Bonchev–Trinajstić information content (AvgIpc) is 3.03. The van der Waals surface area contributed by atoms with Crippen molar-refractivity contribution >= 4 is 17.7 Å². The van der Waals surface area contributed by atoms with E-state index in [1.54, 1.807) is 11.9 Å². The molecule has 0 radical (unpaired) electrons. The number of fused-ring (bicyclic) bond motifs is 1. The summed E-state index contributed by atoms with van der Waals surface area (Å²) < 4.78 is 0. The summed E-state index contributed by atoms with van der Waals surface area (Å²) in [6.45, 7) is 13.3. The van der Waals surface area contributed by atoms with Gasteiger partial charge < -0.3 is 20.6 Å². The van der Waals surface area contributed by atoms with Gasteiger partial charge in [-0.1, -0.05) is 59.1 Å². The number of carbonyl (C=O) groups excluding carboxylic acids is 3. The van der Waals surface area contributed by atoms with Crippen molar-refractivity contribution in [1.82, 2.24) is 15.5 Å². The van der Waals surface area contributed by atoms with Gasteiger partial charge in [-0.3, -0.25) is 14.4 Å². The largest absolute Gasteiger partial charge is 0.396 e. The standard InChI is InChI=1S/C28H49N3O4/c1-8-13-19-14-15-20-22(21(19)24(33)29-7)26(35)31(16-11-9-10-12-17-32)23(20)25(34)30-28(5,6)18-27(2,3)4/h14-15,19-23,32H,8-13,16-18H2,1-7H3,(H,29,33)(H,30,34)/t19-,20+,21-,22+,23+/m1/s1. The monoisotopic (exact) mass is 491 g/mol. The maximum Gasteiger partial charge on any atom is 0.243 e. The lowest BCUT2D eigenvalue weighted by Crippen LogP contribution is -2.54. The summed E-state index contributed by atoms with van der Waals surface area (Å²) in [4.78, 5) is 42.4. The van der Waals surface area contributed by atoms with Crippen LogP contribution in [0.15, 0.2) is 12.2 Å². The highest BCUT2D eigenvalue weighted by molar-refractivity contribution is 5.97. The molecule has 1 aliphatic carbocycles. The van der Waals surface area contributed by atoms with Gasteiger partial charge in [-0.15, -0.1) is 0 Å². The molecule has 0 unspecified atom stereocenters. The minimum Gasteiger partial charge on any atom is -0.396 e. The van der Waals surface area contributed by atoms with Crippen molar-refractivity contribution in [3.8, 4) is 0 Å². The molecule has 0 aromatic heterocycles. The predicted molar refractivity (Wildman–Crippen MR) is 139 cm³/mol. The summed E-state index contributed by atoms with van der Waals surface area (Å²) in [6, 6.07) is -0.615. The van der Waals surface area contributed by atoms with Gasteiger partial charge in [0.05, 0.1) is 11.8 Å². The molecular formula is C28H49N3O4. The van der Waals surface area contributed by atoms with E-state index in [2.05, 4.69) is 44.4 Å². The van der Waals surface area contributed by atoms with E-state index >= 15 is 0 Å². The Kier molecular flexibility index (Phi) is 10.4. The van der Waals surface area contributed by atoms with Crippen LogP contribution in [-0.4, -0.2) is 59.5 Å². The Hall–Kier alpha value is -1.89. The fourth-order valence-electron chi connectivity index (χ4n) is 6.40. The number of likely N-dealkylation sites (tertiary alicyclic amines) is 1. The third kappa shape index (κ3) is 7.55. The Balaban J connectivity index is 2.37. The molecule has 200 valence electrons. The molecule has 3 N–H and O–H groups in total. The zero-order chi connectivity index (χ0) is 26.4. The summed E-state index contributed by atoms with van der Waals surface area (Å²) in [6.07, 6.45) is 9.96. The molecule has 3 amide bonds. The van der Waals surface area contributed by atoms with Gasteiger partial charge >= 0.3 is 0 Å². The smallest absolute Gasteiger partial charge is 0.243 e. The molecule has 1 aliphatic heterocycles. The molecule has 2 rings (SSSR count). The number of unbranched alkanes of at least 4 members (excludes halogenated alkanes) is 3. The van der Waals surface area contributed by atoms with Gasteiger partial charge in [0.1, 0.15) is 6.04 Å². The maximum atomic E-state index is 13.8. The van der Waals surface area contributed by atoms with Gasteiger partial charge in [0.15, 0.2) is 0 Å². The quantitative estimate of drug-likeness (QED) is 0.287. The molecule has 5 atom stereocenters. The highest BCUT2D eigenvalue weighted by Crippen LogP contribution is 2.45. The van der Waals surface area contributed by atoms with Gasteiger partial charge in [-0.05, 0) is 50.9 Å². The number of aliphatic hydroxyl groups excluding tert-OH is 1. The highest BCUT2D eigenvalue weighted by Gasteiger charge is 2.57. The van der Waals surface area contributed by atoms with Crippen LogP contribution in [0, 0.1) is 29.1 Å². The molecule has 0 bridgehead atoms. The number of allylic oxidation sites excluding steroid dienone is 1. The van der Waals surface area contributed by atoms with E-state index in [9.17, 15) is 14.4 Å². The molecule has 1 fully saturated rings. The summed E-state index contributed by atoms with van der Waals surface area (Å²) in [5.41, 5.74) is -0.383. The number of aliphatic hydroxyl groups is 1. The molecule has 7 heteroatoms. The Morgan fingerprint density at radius 3 is 2.26 bits per heavy atom. The molecule has 2 aliphatic rings. The lowest BCUT2D eigenvalue weighted by Gasteiger charge is -2.37. The second kappa shape index (κ2) is 12.4. The predicted octanol–water partition coefficient (Wildman–Crippen LogP) is 3.66. The summed E-state index contributed by atoms with van der Waals surface area (Å²) >= 11 is 0. The lowest BCUT2D eigenvalue weighted by atomic mass is 9.68. The second-order valence-electron chi connectivity index (χ2n) is 12.3. The molecule has 0 spiro atoms. The minimum atomic E-state index is -0.615. The number of nitrogens with zero attached hydrogens (tertiary/aromatic N) is 1. The third-order valence-electron chi connectivity index (χ3n) is 7.29. The number of hydrogen-bond acceptors (Lipinski definition) is 4. The number of rotatable bonds is 12. The molecule has 0 aromatic rings. The fourth-order valence-corrected chi connectivity index (χ4v) is 6.40. The summed E-state index contributed by atoms with van der Waals surface area (Å²) in [5, 5.41) is 15.1. The van der Waals surface area contributed by atoms with Crippen LogP contribution in [-0.2, 0) is 14.4 Å². The van der Waals surface area contributed by atoms with E-state index in [1.807, 2.05) is 19.9 Å². The lowest BCUT2D eigenvalue weighted by molar-refractivity contribution is -0.141. The Morgan fingerprint density at radius 2 is 1.69 bits per heavy atom. The van der Waals surface area contributed by atoms with Crippen molar-refractivity contribution < 1.29 is 19.5 Å². The van der Waals surface area contributed by atoms with E-state index in [0.717, 1.165) is 44.9 Å². The van der Waals surface area contributed by atoms with Crippen LogP contribution in [0.4, 0.5) is 0 Å². The van der Waals surface area contributed by atoms with Crippen molar-refractivity contribution in [1.29, 1.82) is 0 Å². The number of carbonyl (C=O) groups is 3. The van der Waals surface area contributed by atoms with Gasteiger partial charge in [-0.25, -0.2) is 0 Å². The Morgan fingerprint density at radius 1 is 1.03 bits per heavy atom. The van der Waals surface area contributed by atoms with Crippen molar-refractivity contribution in [2.45, 2.75) is 98.1 Å². The van der Waals surface area contributed by atoms with Crippen LogP contribution in [0.5, 0.6) is 0 Å². The molecular weight excluding hydrogens is 442 g/mol. The maximum absolute atomic E-state index is 13.8. The van der Waals surface area contributed by atoms with Crippen molar-refractivity contribution in [2.24, 2.45) is 29.1 Å². The molecule has 0 aromatic carbocycles. The van der Waals surface area contributed by atoms with Gasteiger partial charge in [0.2, 0.25) is 17.7 Å². The van der Waals surface area contributed by atoms with E-state index in [0.29, 0.717) is 6.54 Å². The van der Waals surface area contributed by atoms with Crippen LogP contribution < -0.4 is 10.6 Å². The second-order valence-corrected chi connectivity index (χ2v) is 12.3. The van der Waals surface area contributed by atoms with Crippen LogP contribution in [0.25, 0.3) is 0 Å². The Labute approximate surface area is 212 Å². The first kappa shape index (κ1) is 29.3. The van der Waals surface area contributed by atoms with Gasteiger partial charge in [0, 0.05) is 31.7 Å². The first-order valence-corrected chi connectivity index (χ1v) is 13.5. The van der Waals surface area contributed by atoms with E-state index < -0.39 is 23.4 Å². The van der Waals surface area contributed by atoms with Crippen molar-refractivity contribution in [3.63, 3.8) is 0 Å². The van der Waals surface area contributed by atoms with E-state index in [4.69, 9.17) is 5.11 Å². The molecule has 0 saturated carbocycles. The zero-order valence-electron chi connectivity index (χ0n) is 23.0. The third-order valence-corrected chi connectivity index (χ3v) is 7.29. The van der Waals surface area contributed by atoms with Crippen LogP contribution in [0.3, 0.4) is 0 Å². The number of hydrogen-bond donors (Lipinski definition) is 3. The first-order chi connectivity index (χ1) is 16.4. The van der Waals surface area contributed by atoms with Crippen LogP contribution in [0.1, 0.15) is 86.5 Å². The summed E-state index contributed by atoms with van der Waals surface area (Å²) in [5.74, 6) is -1.63. The topological polar surface area (TPSA) is 98.7 Å². The zero-order valence-corrected chi connectivity index (χ0v) is 23.0. The van der Waals surface area contributed by atoms with Crippen LogP contribution >= 0.6 is 0 Å². The minimum absolute atomic E-state index is 0.00398. The molecule has 35 heavy (non-hydrogen) atoms. The normalized spacial score (nSPS) is 26.6. The fraction of sp³-hybridized carbons (Fsp3) is 0.821. The van der Waals surface area contributed by atoms with E-state index in [-0.39, 0.29) is 41.6 Å². The van der Waals surface area contributed by atoms with E-state index in [1.165, 1.54) is 0 Å². The van der Waals surface area contributed by atoms with Crippen LogP contribution in [0.2, 0.25) is 0 Å². The van der Waals surface area contributed by atoms with Crippen molar-refractivity contribution in [2.75, 3.05) is 20.2 Å². The van der Waals surface area contributed by atoms with Crippen molar-refractivity contribution in [3.05, 3.63) is 12.2 Å². The molecule has 7 nitrogen and oxygen atoms in total. The SMILES string of the molecule is CCC[C@@H]1C=C[C@H]2[C@H](C(=O)N(CCCCCCO)[C@@H]2C(=O)NC(C)(C)CC(C)(C)C)[C@@H]1C(=O)NC. The highest BCUT2D eigenvalue weighted by atomic mass is 16.3. The molecule has 1 heterocycles. The Bertz CT molecular complexity index is 771. The molecule has 1 saturated heterocycles. The summed E-state index contributed by atoms with van der Waals surface area (Å²) in [7, 11) is 1.62. The number of nitrogens with one attached hydrogen (secondary N) is 2. The van der Waals surface area contributed by atoms with Gasteiger partial charge in [0.25, 0.3) is 0 Å². The average molecular weight is 492 g/mol. The first-order valence-electron chi connectivity index (χ1n) is 13.5. The number of amides is 3.